The molecule has 0 saturated heterocycles. The lowest BCUT2D eigenvalue weighted by molar-refractivity contribution is 0.100. The third-order valence-corrected chi connectivity index (χ3v) is 3.41. The van der Waals surface area contributed by atoms with Gasteiger partial charge in [0.2, 0.25) is 5.88 Å². The molecule has 0 bridgehead atoms. The average molecular weight is 322 g/mol. The highest BCUT2D eigenvalue weighted by atomic mass is 16.5. The lowest BCUT2D eigenvalue weighted by Crippen LogP contribution is -2.17. The molecule has 0 unspecified atom stereocenters. The van der Waals surface area contributed by atoms with Crippen LogP contribution >= 0.6 is 0 Å². The largest absolute Gasteiger partial charge is 0.365 e. The monoisotopic (exact) mass is 322 g/mol. The summed E-state index contributed by atoms with van der Waals surface area (Å²) in [5.41, 5.74) is 7.67. The van der Waals surface area contributed by atoms with Crippen LogP contribution in [0.15, 0.2) is 53.3 Å². The summed E-state index contributed by atoms with van der Waals surface area (Å²) in [5.74, 6) is -1.27. The summed E-state index contributed by atoms with van der Waals surface area (Å²) in [6, 6.07) is 10.4. The average Bonchev–Trinajstić information content (AvgIpc) is 3.00. The number of carbonyl (C=O) groups excluding carboxylic acids is 2. The number of primary amides is 1. The zero-order valence-corrected chi connectivity index (χ0v) is 12.8. The van der Waals surface area contributed by atoms with Crippen LogP contribution in [0.2, 0.25) is 0 Å². The van der Waals surface area contributed by atoms with Gasteiger partial charge in [-0.15, -0.1) is 0 Å². The van der Waals surface area contributed by atoms with Gasteiger partial charge in [0, 0.05) is 23.5 Å². The number of hydrogen-bond acceptors (Lipinski definition) is 5. The van der Waals surface area contributed by atoms with Crippen molar-refractivity contribution in [2.75, 3.05) is 5.32 Å². The van der Waals surface area contributed by atoms with Gasteiger partial charge in [0.15, 0.2) is 0 Å². The fourth-order valence-corrected chi connectivity index (χ4v) is 2.18. The van der Waals surface area contributed by atoms with Crippen molar-refractivity contribution in [2.24, 2.45) is 5.73 Å². The quantitative estimate of drug-likeness (QED) is 0.766. The lowest BCUT2D eigenvalue weighted by Gasteiger charge is -2.04. The van der Waals surface area contributed by atoms with Crippen LogP contribution in [0.3, 0.4) is 0 Å². The maximum absolute atomic E-state index is 12.3. The van der Waals surface area contributed by atoms with E-state index in [4.69, 9.17) is 10.3 Å². The number of hydrogen-bond donors (Lipinski definition) is 2. The van der Waals surface area contributed by atoms with Gasteiger partial charge >= 0.3 is 0 Å². The van der Waals surface area contributed by atoms with Crippen molar-refractivity contribution in [1.29, 1.82) is 0 Å². The first-order chi connectivity index (χ1) is 11.6. The summed E-state index contributed by atoms with van der Waals surface area (Å²) in [5, 5.41) is 6.37. The van der Waals surface area contributed by atoms with Crippen LogP contribution in [0, 0.1) is 6.92 Å². The molecule has 0 spiro atoms. The van der Waals surface area contributed by atoms with E-state index in [0.29, 0.717) is 11.1 Å². The fourth-order valence-electron chi connectivity index (χ4n) is 2.18. The molecule has 0 aliphatic carbocycles. The summed E-state index contributed by atoms with van der Waals surface area (Å²) in [6.07, 6.45) is 3.11. The zero-order chi connectivity index (χ0) is 17.1. The molecular formula is C17H14N4O3. The molecule has 1 aromatic carbocycles. The van der Waals surface area contributed by atoms with E-state index in [-0.39, 0.29) is 17.1 Å². The number of aromatic nitrogens is 2. The second-order valence-electron chi connectivity index (χ2n) is 5.16. The molecule has 2 amide bonds. The first-order valence-electron chi connectivity index (χ1n) is 7.14. The lowest BCUT2D eigenvalue weighted by atomic mass is 10.1. The van der Waals surface area contributed by atoms with Crippen LogP contribution < -0.4 is 11.1 Å². The number of anilines is 1. The maximum Gasteiger partial charge on any atom is 0.258 e. The molecule has 3 aromatic rings. The van der Waals surface area contributed by atoms with Gasteiger partial charge in [-0.3, -0.25) is 19.9 Å². The van der Waals surface area contributed by atoms with Crippen molar-refractivity contribution in [1.82, 2.24) is 10.1 Å². The number of nitrogens with one attached hydrogen (secondary N) is 1. The van der Waals surface area contributed by atoms with Gasteiger partial charge in [-0.1, -0.05) is 22.9 Å². The molecule has 120 valence electrons. The van der Waals surface area contributed by atoms with E-state index < -0.39 is 11.8 Å². The molecule has 3 rings (SSSR count). The van der Waals surface area contributed by atoms with Gasteiger partial charge in [-0.05, 0) is 31.2 Å². The Morgan fingerprint density at radius 1 is 1.17 bits per heavy atom. The molecule has 7 heteroatoms. The van der Waals surface area contributed by atoms with Crippen molar-refractivity contribution in [2.45, 2.75) is 6.92 Å². The molecule has 24 heavy (non-hydrogen) atoms. The highest BCUT2D eigenvalue weighted by Crippen LogP contribution is 2.28. The van der Waals surface area contributed by atoms with Crippen LogP contribution in [0.25, 0.3) is 11.3 Å². The maximum atomic E-state index is 12.3. The van der Waals surface area contributed by atoms with Gasteiger partial charge in [0.1, 0.15) is 11.3 Å². The standard InChI is InChI=1S/C17H14N4O3/c1-10-4-6-11(7-5-10)16(23)20-17-13(15(18)22)14(21-24-17)12-3-2-8-19-9-12/h2-9H,1H3,(H2,18,22)(H,20,23). The predicted octanol–water partition coefficient (Wildman–Crippen LogP) is 2.40. The molecule has 0 radical (unpaired) electrons. The van der Waals surface area contributed by atoms with E-state index in [9.17, 15) is 9.59 Å². The van der Waals surface area contributed by atoms with E-state index in [0.717, 1.165) is 5.56 Å². The van der Waals surface area contributed by atoms with Crippen molar-refractivity contribution < 1.29 is 14.1 Å². The highest BCUT2D eigenvalue weighted by molar-refractivity contribution is 6.09. The second kappa shape index (κ2) is 6.33. The molecule has 0 saturated carbocycles. The fraction of sp³-hybridized carbons (Fsp3) is 0.0588. The molecule has 3 N–H and O–H groups in total. The molecule has 7 nitrogen and oxygen atoms in total. The Balaban J connectivity index is 1.94. The molecule has 2 aromatic heterocycles. The predicted molar refractivity (Wildman–Crippen MR) is 87.4 cm³/mol. The van der Waals surface area contributed by atoms with Crippen molar-refractivity contribution in [3.05, 3.63) is 65.5 Å². The Labute approximate surface area is 137 Å². The number of nitrogens with zero attached hydrogens (tertiary/aromatic N) is 2. The Bertz CT molecular complexity index is 886. The number of amides is 2. The SMILES string of the molecule is Cc1ccc(C(=O)Nc2onc(-c3cccnc3)c2C(N)=O)cc1. The van der Waals surface area contributed by atoms with Crippen LogP contribution in [0.4, 0.5) is 5.88 Å². The van der Waals surface area contributed by atoms with Gasteiger partial charge < -0.3 is 10.3 Å². The summed E-state index contributed by atoms with van der Waals surface area (Å²) in [6.45, 7) is 1.92. The molecule has 0 aliphatic rings. The number of carbonyl (C=O) groups is 2. The minimum absolute atomic E-state index is 0.00321. The third kappa shape index (κ3) is 3.00. The van der Waals surface area contributed by atoms with Crippen molar-refractivity contribution in [3.63, 3.8) is 0 Å². The van der Waals surface area contributed by atoms with E-state index in [2.05, 4.69) is 15.5 Å². The molecule has 2 heterocycles. The van der Waals surface area contributed by atoms with Gasteiger partial charge in [0.05, 0.1) is 0 Å². The summed E-state index contributed by atoms with van der Waals surface area (Å²) in [4.78, 5) is 28.0. The van der Waals surface area contributed by atoms with E-state index in [1.165, 1.54) is 6.20 Å². The van der Waals surface area contributed by atoms with Crippen molar-refractivity contribution in [3.8, 4) is 11.3 Å². The minimum atomic E-state index is -0.755. The number of nitrogens with two attached hydrogens (primary N) is 1. The number of benzene rings is 1. The smallest absolute Gasteiger partial charge is 0.258 e. The summed E-state index contributed by atoms with van der Waals surface area (Å²) in [7, 11) is 0. The number of pyridine rings is 1. The summed E-state index contributed by atoms with van der Waals surface area (Å²) >= 11 is 0. The Morgan fingerprint density at radius 2 is 1.92 bits per heavy atom. The van der Waals surface area contributed by atoms with Crippen LogP contribution in [0.5, 0.6) is 0 Å². The van der Waals surface area contributed by atoms with Gasteiger partial charge in [-0.2, -0.15) is 0 Å². The van der Waals surface area contributed by atoms with E-state index in [1.54, 1.807) is 30.5 Å². The van der Waals surface area contributed by atoms with Gasteiger partial charge in [0.25, 0.3) is 11.8 Å². The topological polar surface area (TPSA) is 111 Å². The minimum Gasteiger partial charge on any atom is -0.365 e. The van der Waals surface area contributed by atoms with Crippen LogP contribution in [0.1, 0.15) is 26.3 Å². The second-order valence-corrected chi connectivity index (χ2v) is 5.16. The first kappa shape index (κ1) is 15.4. The van der Waals surface area contributed by atoms with E-state index >= 15 is 0 Å². The molecule has 0 fully saturated rings. The van der Waals surface area contributed by atoms with Crippen LogP contribution in [-0.2, 0) is 0 Å². The molecule has 0 atom stereocenters. The Morgan fingerprint density at radius 3 is 2.54 bits per heavy atom. The highest BCUT2D eigenvalue weighted by Gasteiger charge is 2.24. The first-order valence-corrected chi connectivity index (χ1v) is 7.14. The number of aryl methyl sites for hydroxylation is 1. The normalized spacial score (nSPS) is 10.4. The van der Waals surface area contributed by atoms with Crippen molar-refractivity contribution >= 4 is 17.7 Å². The Kier molecular flexibility index (Phi) is 4.07. The molecule has 0 aliphatic heterocycles. The zero-order valence-electron chi connectivity index (χ0n) is 12.8. The van der Waals surface area contributed by atoms with Crippen LogP contribution in [-0.4, -0.2) is 22.0 Å². The molecular weight excluding hydrogens is 308 g/mol. The van der Waals surface area contributed by atoms with E-state index in [1.807, 2.05) is 19.1 Å². The summed E-state index contributed by atoms with van der Waals surface area (Å²) < 4.78 is 5.12. The third-order valence-electron chi connectivity index (χ3n) is 3.41. The Hall–Kier alpha value is -3.48. The number of rotatable bonds is 4. The van der Waals surface area contributed by atoms with Gasteiger partial charge in [-0.25, -0.2) is 0 Å².